The molecule has 1 aromatic heterocycles. The van der Waals surface area contributed by atoms with Crippen LogP contribution in [0, 0.1) is 6.92 Å². The summed E-state index contributed by atoms with van der Waals surface area (Å²) in [7, 11) is 0. The number of rotatable bonds is 3. The van der Waals surface area contributed by atoms with Gasteiger partial charge in [-0.1, -0.05) is 12.1 Å². The van der Waals surface area contributed by atoms with E-state index in [1.807, 2.05) is 12.1 Å². The summed E-state index contributed by atoms with van der Waals surface area (Å²) in [6, 6.07) is 7.67. The lowest BCUT2D eigenvalue weighted by molar-refractivity contribution is 0.0895. The molecule has 4 rings (SSSR count). The third-order valence-electron chi connectivity index (χ3n) is 5.04. The molecule has 1 aromatic carbocycles. The number of carbonyl (C=O) groups is 1. The van der Waals surface area contributed by atoms with Gasteiger partial charge in [-0.05, 0) is 67.9 Å². The lowest BCUT2D eigenvalue weighted by Crippen LogP contribution is -2.24. The van der Waals surface area contributed by atoms with Gasteiger partial charge in [-0.2, -0.15) is 0 Å². The second-order valence-corrected chi connectivity index (χ2v) is 6.75. The lowest BCUT2D eigenvalue weighted by atomic mass is 10.1. The third-order valence-corrected chi connectivity index (χ3v) is 5.04. The van der Waals surface area contributed by atoms with Crippen LogP contribution in [0.1, 0.15) is 58.2 Å². The van der Waals surface area contributed by atoms with Crippen molar-refractivity contribution in [3.63, 3.8) is 0 Å². The van der Waals surface area contributed by atoms with Crippen molar-refractivity contribution in [2.75, 3.05) is 11.9 Å². The van der Waals surface area contributed by atoms with E-state index in [1.165, 1.54) is 11.1 Å². The van der Waals surface area contributed by atoms with Crippen LogP contribution in [-0.4, -0.2) is 12.5 Å². The molecule has 1 amide bonds. The minimum atomic E-state index is -0.601. The molecule has 1 atom stereocenters. The van der Waals surface area contributed by atoms with Crippen LogP contribution in [0.3, 0.4) is 0 Å². The second-order valence-electron chi connectivity index (χ2n) is 6.75. The number of hydrogen-bond acceptors (Lipinski definition) is 4. The minimum absolute atomic E-state index is 0.0670. The van der Waals surface area contributed by atoms with Crippen LogP contribution in [0.4, 0.5) is 5.69 Å². The zero-order valence-electron chi connectivity index (χ0n) is 14.3. The van der Waals surface area contributed by atoms with Crippen molar-refractivity contribution in [2.24, 2.45) is 0 Å². The summed E-state index contributed by atoms with van der Waals surface area (Å²) in [6.45, 7) is 2.44. The van der Waals surface area contributed by atoms with Gasteiger partial charge >= 0.3 is 5.63 Å². The number of amides is 1. The number of hydrogen-bond donors (Lipinski definition) is 1. The molecule has 2 heterocycles. The number of anilines is 1. The average Bonchev–Trinajstić information content (AvgIpc) is 3.26. The number of fused-ring (bicyclic) bond motifs is 1. The van der Waals surface area contributed by atoms with Gasteiger partial charge in [-0.15, -0.1) is 0 Å². The molecule has 1 fully saturated rings. The Balaban J connectivity index is 1.62. The molecule has 0 saturated carbocycles. The first-order valence-electron chi connectivity index (χ1n) is 8.82. The Labute approximate surface area is 146 Å². The van der Waals surface area contributed by atoms with Crippen LogP contribution in [0.5, 0.6) is 0 Å². The highest BCUT2D eigenvalue weighted by Crippen LogP contribution is 2.30. The molecule has 2 aliphatic rings. The maximum atomic E-state index is 12.7. The third kappa shape index (κ3) is 3.00. The maximum Gasteiger partial charge on any atom is 0.349 e. The minimum Gasteiger partial charge on any atom is -0.424 e. The zero-order valence-corrected chi connectivity index (χ0v) is 14.3. The van der Waals surface area contributed by atoms with Crippen LogP contribution < -0.4 is 10.9 Å². The smallest absolute Gasteiger partial charge is 0.349 e. The van der Waals surface area contributed by atoms with E-state index in [4.69, 9.17) is 9.15 Å². The number of carbonyl (C=O) groups excluding carboxylic acids is 1. The van der Waals surface area contributed by atoms with Crippen molar-refractivity contribution in [2.45, 2.75) is 45.1 Å². The van der Waals surface area contributed by atoms with Gasteiger partial charge in [0.2, 0.25) is 0 Å². The molecule has 0 bridgehead atoms. The summed E-state index contributed by atoms with van der Waals surface area (Å²) in [6.07, 6.45) is 4.70. The summed E-state index contributed by atoms with van der Waals surface area (Å²) in [5, 5.41) is 2.90. The Hall–Kier alpha value is -2.40. The van der Waals surface area contributed by atoms with Crippen LogP contribution >= 0.6 is 0 Å². The summed E-state index contributed by atoms with van der Waals surface area (Å²) >= 11 is 0. The van der Waals surface area contributed by atoms with E-state index >= 15 is 0 Å². The summed E-state index contributed by atoms with van der Waals surface area (Å²) in [4.78, 5) is 25.1. The van der Waals surface area contributed by atoms with E-state index in [0.29, 0.717) is 17.9 Å². The zero-order chi connectivity index (χ0) is 17.4. The quantitative estimate of drug-likeness (QED) is 0.929. The van der Waals surface area contributed by atoms with Gasteiger partial charge in [0.15, 0.2) is 0 Å². The summed E-state index contributed by atoms with van der Waals surface area (Å²) in [5.74, 6) is 0.0996. The molecule has 1 saturated heterocycles. The Morgan fingerprint density at radius 2 is 2.12 bits per heavy atom. The number of benzene rings is 1. The topological polar surface area (TPSA) is 68.5 Å². The predicted molar refractivity (Wildman–Crippen MR) is 94.1 cm³/mol. The largest absolute Gasteiger partial charge is 0.424 e. The summed E-state index contributed by atoms with van der Waals surface area (Å²) in [5.41, 5.74) is 3.32. The van der Waals surface area contributed by atoms with Gasteiger partial charge in [-0.25, -0.2) is 4.79 Å². The highest BCUT2D eigenvalue weighted by molar-refractivity contribution is 6.05. The van der Waals surface area contributed by atoms with Crippen LogP contribution in [0.15, 0.2) is 33.5 Å². The molecular weight excluding hydrogens is 318 g/mol. The molecule has 130 valence electrons. The first-order valence-corrected chi connectivity index (χ1v) is 8.82. The first-order chi connectivity index (χ1) is 12.1. The standard InChI is InChI=1S/C20H21NO4/c1-12-11-17(16-9-4-10-24-16)25-20(23)18(12)19(22)21-15-8-3-6-13-5-2-7-14(13)15/h3,6,8,11,16H,2,4-5,7,9-10H2,1H3,(H,21,22). The SMILES string of the molecule is Cc1cc(C2CCCO2)oc(=O)c1C(=O)Nc1cccc2c1CCC2. The van der Waals surface area contributed by atoms with Crippen LogP contribution in [0.25, 0.3) is 0 Å². The Morgan fingerprint density at radius 3 is 2.88 bits per heavy atom. The van der Waals surface area contributed by atoms with Crippen molar-refractivity contribution in [3.05, 3.63) is 62.7 Å². The molecule has 0 radical (unpaired) electrons. The van der Waals surface area contributed by atoms with Gasteiger partial charge in [-0.3, -0.25) is 4.79 Å². The normalized spacial score (nSPS) is 19.0. The van der Waals surface area contributed by atoms with Crippen LogP contribution in [-0.2, 0) is 17.6 Å². The fourth-order valence-corrected chi connectivity index (χ4v) is 3.79. The van der Waals surface area contributed by atoms with E-state index in [1.54, 1.807) is 13.0 Å². The molecule has 0 spiro atoms. The highest BCUT2D eigenvalue weighted by Gasteiger charge is 2.25. The molecular formula is C20H21NO4. The van der Waals surface area contributed by atoms with Crippen molar-refractivity contribution in [3.8, 4) is 0 Å². The van der Waals surface area contributed by atoms with Gasteiger partial charge in [0, 0.05) is 12.3 Å². The van der Waals surface area contributed by atoms with Gasteiger partial charge in [0.05, 0.1) is 0 Å². The molecule has 1 unspecified atom stereocenters. The molecule has 2 aromatic rings. The second kappa shape index (κ2) is 6.48. The molecule has 25 heavy (non-hydrogen) atoms. The maximum absolute atomic E-state index is 12.7. The van der Waals surface area contributed by atoms with E-state index in [2.05, 4.69) is 11.4 Å². The van der Waals surface area contributed by atoms with Gasteiger partial charge in [0.25, 0.3) is 5.91 Å². The van der Waals surface area contributed by atoms with Crippen molar-refractivity contribution in [1.29, 1.82) is 0 Å². The van der Waals surface area contributed by atoms with Crippen molar-refractivity contribution < 1.29 is 13.9 Å². The van der Waals surface area contributed by atoms with E-state index in [0.717, 1.165) is 37.8 Å². The van der Waals surface area contributed by atoms with Crippen molar-refractivity contribution in [1.82, 2.24) is 0 Å². The number of ether oxygens (including phenoxy) is 1. The molecule has 5 nitrogen and oxygen atoms in total. The molecule has 1 aliphatic carbocycles. The Bertz CT molecular complexity index is 878. The Morgan fingerprint density at radius 1 is 1.24 bits per heavy atom. The van der Waals surface area contributed by atoms with Crippen LogP contribution in [0.2, 0.25) is 0 Å². The van der Waals surface area contributed by atoms with Crippen molar-refractivity contribution >= 4 is 11.6 Å². The van der Waals surface area contributed by atoms with E-state index in [9.17, 15) is 9.59 Å². The number of nitrogens with one attached hydrogen (secondary N) is 1. The Kier molecular flexibility index (Phi) is 4.17. The fourth-order valence-electron chi connectivity index (χ4n) is 3.79. The monoisotopic (exact) mass is 339 g/mol. The lowest BCUT2D eigenvalue weighted by Gasteiger charge is -2.13. The first kappa shape index (κ1) is 16.1. The molecule has 1 aliphatic heterocycles. The highest BCUT2D eigenvalue weighted by atomic mass is 16.5. The molecule has 5 heteroatoms. The van der Waals surface area contributed by atoms with Gasteiger partial charge in [0.1, 0.15) is 17.4 Å². The van der Waals surface area contributed by atoms with E-state index in [-0.39, 0.29) is 11.7 Å². The average molecular weight is 339 g/mol. The van der Waals surface area contributed by atoms with Gasteiger partial charge < -0.3 is 14.5 Å². The summed E-state index contributed by atoms with van der Waals surface area (Å²) < 4.78 is 10.9. The van der Waals surface area contributed by atoms with E-state index < -0.39 is 11.5 Å². The fraction of sp³-hybridized carbons (Fsp3) is 0.400. The molecule has 1 N–H and O–H groups in total. The predicted octanol–water partition coefficient (Wildman–Crippen LogP) is 3.54. The number of aryl methyl sites for hydroxylation is 2.